The van der Waals surface area contributed by atoms with Crippen LogP contribution in [0.1, 0.15) is 29.8 Å². The summed E-state index contributed by atoms with van der Waals surface area (Å²) in [5, 5.41) is 5.86. The Kier molecular flexibility index (Phi) is 6.62. The van der Waals surface area contributed by atoms with E-state index in [4.69, 9.17) is 0 Å². The lowest BCUT2D eigenvalue weighted by Gasteiger charge is -2.18. The van der Waals surface area contributed by atoms with Crippen molar-refractivity contribution in [1.82, 2.24) is 5.32 Å². The lowest BCUT2D eigenvalue weighted by molar-refractivity contribution is 0.583. The Labute approximate surface area is 138 Å². The first-order valence-electron chi connectivity index (χ1n) is 6.86. The highest BCUT2D eigenvalue weighted by molar-refractivity contribution is 9.10. The van der Waals surface area contributed by atoms with Crippen LogP contribution in [0.2, 0.25) is 0 Å². The van der Waals surface area contributed by atoms with Crippen molar-refractivity contribution in [2.24, 2.45) is 0 Å². The highest BCUT2D eigenvalue weighted by Gasteiger charge is 2.14. The molecule has 2 aromatic rings. The largest absolute Gasteiger partial charge is 0.309 e. The molecule has 1 nitrogen and oxygen atoms in total. The molecule has 1 aromatic carbocycles. The fraction of sp³-hybridized carbons (Fsp3) is 0.375. The predicted molar refractivity (Wildman–Crippen MR) is 95.0 cm³/mol. The van der Waals surface area contributed by atoms with Gasteiger partial charge in [-0.05, 0) is 55.1 Å². The van der Waals surface area contributed by atoms with Crippen LogP contribution >= 0.6 is 39.0 Å². The number of halogens is 1. The molecule has 4 heteroatoms. The van der Waals surface area contributed by atoms with Crippen LogP contribution in [0.3, 0.4) is 0 Å². The number of benzene rings is 1. The van der Waals surface area contributed by atoms with Crippen LogP contribution in [0.5, 0.6) is 0 Å². The summed E-state index contributed by atoms with van der Waals surface area (Å²) in [6, 6.07) is 11.2. The standard InChI is InChI=1S/C16H20BrNS2/c1-3-8-18-15(16-12(2)7-9-19-16)11-20-14-6-4-5-13(17)10-14/h4-7,9-10,15,18H,3,8,11H2,1-2H3. The van der Waals surface area contributed by atoms with Gasteiger partial charge < -0.3 is 5.32 Å². The van der Waals surface area contributed by atoms with Gasteiger partial charge in [-0.3, -0.25) is 0 Å². The van der Waals surface area contributed by atoms with E-state index in [1.54, 1.807) is 0 Å². The lowest BCUT2D eigenvalue weighted by Crippen LogP contribution is -2.23. The summed E-state index contributed by atoms with van der Waals surface area (Å²) in [5.74, 6) is 1.07. The van der Waals surface area contributed by atoms with Gasteiger partial charge in [0.15, 0.2) is 0 Å². The highest BCUT2D eigenvalue weighted by Crippen LogP contribution is 2.30. The predicted octanol–water partition coefficient (Wildman–Crippen LogP) is 5.65. The van der Waals surface area contributed by atoms with Crippen LogP contribution in [0.25, 0.3) is 0 Å². The zero-order valence-electron chi connectivity index (χ0n) is 11.9. The summed E-state index contributed by atoms with van der Waals surface area (Å²) < 4.78 is 1.15. The number of aryl methyl sites for hydroxylation is 1. The van der Waals surface area contributed by atoms with Crippen molar-refractivity contribution in [3.63, 3.8) is 0 Å². The second-order valence-corrected chi connectivity index (χ2v) is 7.70. The van der Waals surface area contributed by atoms with Crippen molar-refractivity contribution in [1.29, 1.82) is 0 Å². The van der Waals surface area contributed by atoms with E-state index in [0.29, 0.717) is 6.04 Å². The SMILES string of the molecule is CCCNC(CSc1cccc(Br)c1)c1sccc1C. The normalized spacial score (nSPS) is 12.6. The number of nitrogens with one attached hydrogen (secondary N) is 1. The Balaban J connectivity index is 2.03. The monoisotopic (exact) mass is 369 g/mol. The van der Waals surface area contributed by atoms with Crippen LogP contribution in [0.4, 0.5) is 0 Å². The van der Waals surface area contributed by atoms with Gasteiger partial charge in [-0.2, -0.15) is 0 Å². The molecule has 20 heavy (non-hydrogen) atoms. The van der Waals surface area contributed by atoms with E-state index in [2.05, 4.69) is 70.8 Å². The Morgan fingerprint density at radius 2 is 2.20 bits per heavy atom. The molecule has 1 heterocycles. The quantitative estimate of drug-likeness (QED) is 0.632. The summed E-state index contributed by atoms with van der Waals surface area (Å²) in [7, 11) is 0. The molecule has 1 unspecified atom stereocenters. The Hall–Kier alpha value is -0.290. The minimum absolute atomic E-state index is 0.443. The third kappa shape index (κ3) is 4.62. The lowest BCUT2D eigenvalue weighted by atomic mass is 10.2. The molecule has 0 fully saturated rings. The molecule has 1 N–H and O–H groups in total. The van der Waals surface area contributed by atoms with Gasteiger partial charge in [-0.1, -0.05) is 28.9 Å². The average Bonchev–Trinajstić information content (AvgIpc) is 2.85. The minimum Gasteiger partial charge on any atom is -0.309 e. The summed E-state index contributed by atoms with van der Waals surface area (Å²) in [6.45, 7) is 5.49. The van der Waals surface area contributed by atoms with Gasteiger partial charge in [0.25, 0.3) is 0 Å². The van der Waals surface area contributed by atoms with Gasteiger partial charge in [0.1, 0.15) is 0 Å². The first-order chi connectivity index (χ1) is 9.70. The molecule has 0 radical (unpaired) electrons. The molecule has 0 aliphatic heterocycles. The number of hydrogen-bond donors (Lipinski definition) is 1. The third-order valence-corrected chi connectivity index (χ3v) is 5.78. The van der Waals surface area contributed by atoms with E-state index in [1.807, 2.05) is 23.1 Å². The molecular weight excluding hydrogens is 350 g/mol. The molecule has 0 spiro atoms. The van der Waals surface area contributed by atoms with E-state index in [0.717, 1.165) is 16.8 Å². The third-order valence-electron chi connectivity index (χ3n) is 3.07. The van der Waals surface area contributed by atoms with Crippen LogP contribution in [-0.2, 0) is 0 Å². The number of rotatable bonds is 7. The van der Waals surface area contributed by atoms with Crippen molar-refractivity contribution in [3.8, 4) is 0 Å². The fourth-order valence-corrected chi connectivity index (χ4v) is 4.71. The van der Waals surface area contributed by atoms with E-state index < -0.39 is 0 Å². The van der Waals surface area contributed by atoms with Crippen LogP contribution in [0, 0.1) is 6.92 Å². The maximum Gasteiger partial charge on any atom is 0.0512 e. The van der Waals surface area contributed by atoms with Crippen LogP contribution < -0.4 is 5.32 Å². The van der Waals surface area contributed by atoms with Crippen molar-refractivity contribution in [2.75, 3.05) is 12.3 Å². The molecule has 0 saturated carbocycles. The average molecular weight is 370 g/mol. The molecule has 0 saturated heterocycles. The Bertz CT molecular complexity index is 539. The van der Waals surface area contributed by atoms with E-state index in [1.165, 1.54) is 21.8 Å². The Morgan fingerprint density at radius 3 is 2.85 bits per heavy atom. The summed E-state index contributed by atoms with van der Waals surface area (Å²) >= 11 is 7.31. The smallest absolute Gasteiger partial charge is 0.0512 e. The number of thiophene rings is 1. The molecule has 0 amide bonds. The molecule has 0 aliphatic carbocycles. The zero-order chi connectivity index (χ0) is 14.4. The van der Waals surface area contributed by atoms with Crippen LogP contribution in [-0.4, -0.2) is 12.3 Å². The molecule has 0 bridgehead atoms. The number of thioether (sulfide) groups is 1. The molecule has 108 valence electrons. The second-order valence-electron chi connectivity index (χ2n) is 4.74. The zero-order valence-corrected chi connectivity index (χ0v) is 15.1. The van der Waals surface area contributed by atoms with Crippen molar-refractivity contribution in [3.05, 3.63) is 50.6 Å². The van der Waals surface area contributed by atoms with Gasteiger partial charge in [0.05, 0.1) is 6.04 Å². The van der Waals surface area contributed by atoms with Crippen molar-refractivity contribution in [2.45, 2.75) is 31.2 Å². The molecule has 2 rings (SSSR count). The van der Waals surface area contributed by atoms with Crippen molar-refractivity contribution < 1.29 is 0 Å². The van der Waals surface area contributed by atoms with Crippen LogP contribution in [0.15, 0.2) is 45.1 Å². The maximum atomic E-state index is 3.68. The molecule has 1 aromatic heterocycles. The number of hydrogen-bond acceptors (Lipinski definition) is 3. The van der Waals surface area contributed by atoms with E-state index in [-0.39, 0.29) is 0 Å². The summed E-state index contributed by atoms with van der Waals surface area (Å²) in [5.41, 5.74) is 1.40. The molecular formula is C16H20BrNS2. The van der Waals surface area contributed by atoms with E-state index >= 15 is 0 Å². The highest BCUT2D eigenvalue weighted by atomic mass is 79.9. The minimum atomic E-state index is 0.443. The molecule has 1 atom stereocenters. The van der Waals surface area contributed by atoms with Gasteiger partial charge >= 0.3 is 0 Å². The first-order valence-corrected chi connectivity index (χ1v) is 9.52. The van der Waals surface area contributed by atoms with Gasteiger partial charge in [0, 0.05) is 20.0 Å². The van der Waals surface area contributed by atoms with Gasteiger partial charge in [-0.15, -0.1) is 23.1 Å². The summed E-state index contributed by atoms with van der Waals surface area (Å²) in [6.07, 6.45) is 1.17. The van der Waals surface area contributed by atoms with Crippen molar-refractivity contribution >= 4 is 39.0 Å². The topological polar surface area (TPSA) is 12.0 Å². The van der Waals surface area contributed by atoms with E-state index in [9.17, 15) is 0 Å². The fourth-order valence-electron chi connectivity index (χ4n) is 2.02. The second kappa shape index (κ2) is 8.23. The summed E-state index contributed by atoms with van der Waals surface area (Å²) in [4.78, 5) is 2.79. The maximum absolute atomic E-state index is 3.68. The Morgan fingerprint density at radius 1 is 1.35 bits per heavy atom. The van der Waals surface area contributed by atoms with Gasteiger partial charge in [0.2, 0.25) is 0 Å². The van der Waals surface area contributed by atoms with Gasteiger partial charge in [-0.25, -0.2) is 0 Å². The first kappa shape index (κ1) is 16.1. The molecule has 0 aliphatic rings.